The van der Waals surface area contributed by atoms with Gasteiger partial charge in [0.2, 0.25) is 0 Å². The van der Waals surface area contributed by atoms with E-state index in [9.17, 15) is 10.1 Å². The molecule has 2 atom stereocenters. The summed E-state index contributed by atoms with van der Waals surface area (Å²) in [5, 5.41) is 17.5. The number of nitro benzene ring substituents is 1. The maximum Gasteiger partial charge on any atom is 0.273 e. The van der Waals surface area contributed by atoms with Crippen LogP contribution < -0.4 is 10.6 Å². The number of halogens is 1. The van der Waals surface area contributed by atoms with Crippen molar-refractivity contribution in [3.05, 3.63) is 32.3 Å². The Balaban J connectivity index is 2.21. The number of rotatable bonds is 4. The molecule has 1 aromatic rings. The number of aryl methyl sites for hydroxylation is 1. The van der Waals surface area contributed by atoms with Gasteiger partial charge in [0.05, 0.1) is 17.1 Å². The lowest BCUT2D eigenvalue weighted by molar-refractivity contribution is -0.385. The highest BCUT2D eigenvalue weighted by molar-refractivity contribution is 9.10. The number of hydrogen-bond acceptors (Lipinski definition) is 5. The second kappa shape index (κ2) is 5.85. The summed E-state index contributed by atoms with van der Waals surface area (Å²) < 4.78 is 6.07. The Morgan fingerprint density at radius 1 is 1.53 bits per heavy atom. The highest BCUT2D eigenvalue weighted by Gasteiger charge is 2.27. The lowest BCUT2D eigenvalue weighted by Crippen LogP contribution is -2.33. The van der Waals surface area contributed by atoms with Crippen molar-refractivity contribution in [1.82, 2.24) is 5.32 Å². The molecule has 104 valence electrons. The van der Waals surface area contributed by atoms with E-state index in [-0.39, 0.29) is 22.8 Å². The Kier molecular flexibility index (Phi) is 4.38. The SMILES string of the molecule is CO[C@H]1CNCC1Nc1cc(C)c([N+](=O)[O-])cc1Br. The molecule has 0 amide bonds. The van der Waals surface area contributed by atoms with E-state index in [2.05, 4.69) is 26.6 Å². The number of hydrogen-bond donors (Lipinski definition) is 2. The number of benzene rings is 1. The van der Waals surface area contributed by atoms with Gasteiger partial charge in [-0.05, 0) is 28.9 Å². The zero-order valence-corrected chi connectivity index (χ0v) is 12.4. The summed E-state index contributed by atoms with van der Waals surface area (Å²) >= 11 is 3.37. The van der Waals surface area contributed by atoms with Crippen molar-refractivity contribution >= 4 is 27.3 Å². The van der Waals surface area contributed by atoms with Gasteiger partial charge in [-0.2, -0.15) is 0 Å². The molecule has 0 radical (unpaired) electrons. The number of nitro groups is 1. The first kappa shape index (κ1) is 14.2. The van der Waals surface area contributed by atoms with E-state index >= 15 is 0 Å². The van der Waals surface area contributed by atoms with Gasteiger partial charge >= 0.3 is 0 Å². The fourth-order valence-corrected chi connectivity index (χ4v) is 2.67. The van der Waals surface area contributed by atoms with Crippen molar-refractivity contribution in [3.8, 4) is 0 Å². The average Bonchev–Trinajstić information content (AvgIpc) is 2.80. The van der Waals surface area contributed by atoms with Gasteiger partial charge in [0.25, 0.3) is 5.69 Å². The van der Waals surface area contributed by atoms with Gasteiger partial charge in [-0.25, -0.2) is 0 Å². The third-order valence-electron chi connectivity index (χ3n) is 3.28. The Morgan fingerprint density at radius 2 is 2.26 bits per heavy atom. The molecule has 19 heavy (non-hydrogen) atoms. The van der Waals surface area contributed by atoms with Crippen molar-refractivity contribution in [2.24, 2.45) is 0 Å². The standard InChI is InChI=1S/C12H16BrN3O3/c1-7-3-9(8(13)4-11(7)16(17)18)15-10-5-14-6-12(10)19-2/h3-4,10,12,14-15H,5-6H2,1-2H3/t10?,12-/m0/s1. The van der Waals surface area contributed by atoms with E-state index in [0.717, 1.165) is 18.8 Å². The Bertz CT molecular complexity index is 495. The maximum atomic E-state index is 10.9. The topological polar surface area (TPSA) is 76.4 Å². The van der Waals surface area contributed by atoms with Crippen LogP contribution in [0.15, 0.2) is 16.6 Å². The molecular weight excluding hydrogens is 314 g/mol. The zero-order valence-electron chi connectivity index (χ0n) is 10.8. The van der Waals surface area contributed by atoms with Crippen LogP contribution >= 0.6 is 15.9 Å². The lowest BCUT2D eigenvalue weighted by Gasteiger charge is -2.20. The van der Waals surface area contributed by atoms with E-state index in [1.165, 1.54) is 6.07 Å². The fourth-order valence-electron chi connectivity index (χ4n) is 2.22. The van der Waals surface area contributed by atoms with Crippen molar-refractivity contribution in [2.75, 3.05) is 25.5 Å². The van der Waals surface area contributed by atoms with Gasteiger partial charge in [0, 0.05) is 42.0 Å². The first-order chi connectivity index (χ1) is 9.02. The molecule has 1 fully saturated rings. The largest absolute Gasteiger partial charge is 0.378 e. The molecule has 1 saturated heterocycles. The van der Waals surface area contributed by atoms with Crippen molar-refractivity contribution in [3.63, 3.8) is 0 Å². The minimum Gasteiger partial charge on any atom is -0.378 e. The van der Waals surface area contributed by atoms with Gasteiger partial charge in [-0.15, -0.1) is 0 Å². The van der Waals surface area contributed by atoms with E-state index in [0.29, 0.717) is 10.0 Å². The van der Waals surface area contributed by atoms with Crippen LogP contribution in [0.1, 0.15) is 5.56 Å². The first-order valence-electron chi connectivity index (χ1n) is 5.97. The van der Waals surface area contributed by atoms with E-state index in [4.69, 9.17) is 4.74 Å². The van der Waals surface area contributed by atoms with Gasteiger partial charge in [0.15, 0.2) is 0 Å². The monoisotopic (exact) mass is 329 g/mol. The normalized spacial score (nSPS) is 22.5. The average molecular weight is 330 g/mol. The van der Waals surface area contributed by atoms with E-state index in [1.54, 1.807) is 20.1 Å². The van der Waals surface area contributed by atoms with Crippen LogP contribution in [0.3, 0.4) is 0 Å². The molecule has 2 rings (SSSR count). The second-order valence-corrected chi connectivity index (χ2v) is 5.41. The van der Waals surface area contributed by atoms with Gasteiger partial charge < -0.3 is 15.4 Å². The molecule has 1 aliphatic rings. The molecule has 1 heterocycles. The van der Waals surface area contributed by atoms with Crippen LogP contribution in [0.25, 0.3) is 0 Å². The van der Waals surface area contributed by atoms with Crippen LogP contribution in [-0.4, -0.2) is 37.3 Å². The summed E-state index contributed by atoms with van der Waals surface area (Å²) in [7, 11) is 1.68. The third-order valence-corrected chi connectivity index (χ3v) is 3.94. The summed E-state index contributed by atoms with van der Waals surface area (Å²) in [6, 6.07) is 3.47. The Morgan fingerprint density at radius 3 is 2.89 bits per heavy atom. The molecular formula is C12H16BrN3O3. The smallest absolute Gasteiger partial charge is 0.273 e. The quantitative estimate of drug-likeness (QED) is 0.653. The second-order valence-electron chi connectivity index (χ2n) is 4.56. The highest BCUT2D eigenvalue weighted by Crippen LogP contribution is 2.31. The maximum absolute atomic E-state index is 10.9. The predicted octanol–water partition coefficient (Wildman–Crippen LogP) is 2.06. The third kappa shape index (κ3) is 3.05. The fraction of sp³-hybridized carbons (Fsp3) is 0.500. The van der Waals surface area contributed by atoms with Gasteiger partial charge in [-0.3, -0.25) is 10.1 Å². The minimum absolute atomic E-state index is 0.0994. The van der Waals surface area contributed by atoms with Crippen LogP contribution in [0, 0.1) is 17.0 Å². The minimum atomic E-state index is -0.376. The summed E-state index contributed by atoms with van der Waals surface area (Å²) in [5.74, 6) is 0. The molecule has 0 aromatic heterocycles. The molecule has 7 heteroatoms. The lowest BCUT2D eigenvalue weighted by atomic mass is 10.1. The molecule has 0 spiro atoms. The Hall–Kier alpha value is -1.18. The molecule has 1 aromatic carbocycles. The van der Waals surface area contributed by atoms with Crippen LogP contribution in [-0.2, 0) is 4.74 Å². The number of nitrogens with one attached hydrogen (secondary N) is 2. The molecule has 1 aliphatic heterocycles. The predicted molar refractivity (Wildman–Crippen MR) is 76.6 cm³/mol. The van der Waals surface area contributed by atoms with Gasteiger partial charge in [0.1, 0.15) is 0 Å². The van der Waals surface area contributed by atoms with Crippen molar-refractivity contribution in [1.29, 1.82) is 0 Å². The number of ether oxygens (including phenoxy) is 1. The van der Waals surface area contributed by atoms with Crippen LogP contribution in [0.5, 0.6) is 0 Å². The van der Waals surface area contributed by atoms with Crippen LogP contribution in [0.2, 0.25) is 0 Å². The summed E-state index contributed by atoms with van der Waals surface area (Å²) in [4.78, 5) is 10.5. The van der Waals surface area contributed by atoms with Crippen molar-refractivity contribution < 1.29 is 9.66 Å². The molecule has 0 aliphatic carbocycles. The molecule has 0 bridgehead atoms. The van der Waals surface area contributed by atoms with E-state index in [1.807, 2.05) is 0 Å². The zero-order chi connectivity index (χ0) is 14.0. The first-order valence-corrected chi connectivity index (χ1v) is 6.76. The summed E-state index contributed by atoms with van der Waals surface area (Å²) in [5.41, 5.74) is 1.60. The van der Waals surface area contributed by atoms with Crippen molar-refractivity contribution in [2.45, 2.75) is 19.1 Å². The number of methoxy groups -OCH3 is 1. The van der Waals surface area contributed by atoms with Crippen LogP contribution in [0.4, 0.5) is 11.4 Å². The molecule has 2 N–H and O–H groups in total. The molecule has 1 unspecified atom stereocenters. The number of nitrogens with zero attached hydrogens (tertiary/aromatic N) is 1. The highest BCUT2D eigenvalue weighted by atomic mass is 79.9. The summed E-state index contributed by atoms with van der Waals surface area (Å²) in [6.07, 6.45) is 0.0994. The molecule has 0 saturated carbocycles. The molecule has 6 nitrogen and oxygen atoms in total. The number of anilines is 1. The summed E-state index contributed by atoms with van der Waals surface area (Å²) in [6.45, 7) is 3.34. The Labute approximate surface area is 119 Å². The van der Waals surface area contributed by atoms with Gasteiger partial charge in [-0.1, -0.05) is 0 Å². The van der Waals surface area contributed by atoms with E-state index < -0.39 is 0 Å².